The molecule has 1 N–H and O–H groups in total. The number of benzene rings is 1. The van der Waals surface area contributed by atoms with Crippen LogP contribution in [0.3, 0.4) is 0 Å². The van der Waals surface area contributed by atoms with Crippen LogP contribution in [0.15, 0.2) is 67.3 Å². The van der Waals surface area contributed by atoms with Gasteiger partial charge in [0.05, 0.1) is 17.4 Å². The Labute approximate surface area is 110 Å². The third-order valence-corrected chi connectivity index (χ3v) is 2.70. The van der Waals surface area contributed by atoms with Crippen LogP contribution >= 0.6 is 0 Å². The zero-order chi connectivity index (χ0) is 12.9. The standard InChI is InChI=1S/C8H6N2.C7H6N2/c1-3-7-4-2-6-10-8(7)9-5-1;1-2-4-7-6(3-1)8-5-9-7/h1-6H;1-5H,(H,8,9). The Balaban J connectivity index is 0.000000117. The van der Waals surface area contributed by atoms with Gasteiger partial charge in [-0.2, -0.15) is 0 Å². The summed E-state index contributed by atoms with van der Waals surface area (Å²) in [5.74, 6) is 0. The molecule has 0 aliphatic carbocycles. The fraction of sp³-hybridized carbons (Fsp3) is 0. The molecular weight excluding hydrogens is 236 g/mol. The molecule has 19 heavy (non-hydrogen) atoms. The molecule has 0 radical (unpaired) electrons. The number of imidazole rings is 1. The van der Waals surface area contributed by atoms with Crippen LogP contribution in [0.1, 0.15) is 0 Å². The molecule has 3 aromatic heterocycles. The number of aromatic amines is 1. The Morgan fingerprint density at radius 3 is 2.16 bits per heavy atom. The third kappa shape index (κ3) is 2.57. The molecule has 0 saturated carbocycles. The number of pyridine rings is 2. The molecule has 0 unspecified atom stereocenters. The minimum absolute atomic E-state index is 0.810. The second kappa shape index (κ2) is 5.27. The molecule has 0 atom stereocenters. The summed E-state index contributed by atoms with van der Waals surface area (Å²) in [6.45, 7) is 0. The van der Waals surface area contributed by atoms with E-state index in [1.807, 2.05) is 48.5 Å². The maximum absolute atomic E-state index is 4.07. The molecule has 0 fully saturated rings. The van der Waals surface area contributed by atoms with Crippen molar-refractivity contribution in [1.29, 1.82) is 0 Å². The summed E-state index contributed by atoms with van der Waals surface area (Å²) in [5, 5.41) is 1.09. The number of rotatable bonds is 0. The normalized spacial score (nSPS) is 10.1. The summed E-state index contributed by atoms with van der Waals surface area (Å²) in [7, 11) is 0. The highest BCUT2D eigenvalue weighted by Crippen LogP contribution is 2.05. The predicted octanol–water partition coefficient (Wildman–Crippen LogP) is 3.19. The number of para-hydroxylation sites is 2. The van der Waals surface area contributed by atoms with Gasteiger partial charge in [-0.3, -0.25) is 0 Å². The van der Waals surface area contributed by atoms with Crippen molar-refractivity contribution in [2.75, 3.05) is 0 Å². The van der Waals surface area contributed by atoms with Gasteiger partial charge in [-0.15, -0.1) is 0 Å². The van der Waals surface area contributed by atoms with Gasteiger partial charge in [0.15, 0.2) is 5.65 Å². The number of H-pyrrole nitrogens is 1. The highest BCUT2D eigenvalue weighted by Gasteiger charge is 1.89. The average molecular weight is 248 g/mol. The van der Waals surface area contributed by atoms with E-state index in [4.69, 9.17) is 0 Å². The zero-order valence-corrected chi connectivity index (χ0v) is 10.2. The van der Waals surface area contributed by atoms with Gasteiger partial charge in [0.2, 0.25) is 0 Å². The van der Waals surface area contributed by atoms with Crippen LogP contribution in [-0.2, 0) is 0 Å². The Kier molecular flexibility index (Phi) is 3.14. The molecule has 1 aromatic carbocycles. The lowest BCUT2D eigenvalue weighted by atomic mass is 10.3. The van der Waals surface area contributed by atoms with Gasteiger partial charge >= 0.3 is 0 Å². The summed E-state index contributed by atoms with van der Waals surface area (Å²) in [5.41, 5.74) is 2.93. The first-order chi connectivity index (χ1) is 9.43. The van der Waals surface area contributed by atoms with E-state index in [-0.39, 0.29) is 0 Å². The molecule has 4 nitrogen and oxygen atoms in total. The number of fused-ring (bicyclic) bond motifs is 2. The van der Waals surface area contributed by atoms with Crippen molar-refractivity contribution >= 4 is 22.1 Å². The molecule has 0 bridgehead atoms. The minimum Gasteiger partial charge on any atom is -0.345 e. The highest BCUT2D eigenvalue weighted by molar-refractivity contribution is 5.74. The number of nitrogens with zero attached hydrogens (tertiary/aromatic N) is 3. The number of hydrogen-bond acceptors (Lipinski definition) is 3. The van der Waals surface area contributed by atoms with E-state index < -0.39 is 0 Å². The number of aromatic nitrogens is 4. The van der Waals surface area contributed by atoms with Crippen molar-refractivity contribution in [3.63, 3.8) is 0 Å². The van der Waals surface area contributed by atoms with Crippen LogP contribution in [0.2, 0.25) is 0 Å². The topological polar surface area (TPSA) is 54.5 Å². The molecule has 0 spiro atoms. The Bertz CT molecular complexity index is 696. The summed E-state index contributed by atoms with van der Waals surface area (Å²) < 4.78 is 0. The first-order valence-corrected chi connectivity index (χ1v) is 5.97. The average Bonchev–Trinajstić information content (AvgIpc) is 2.96. The first-order valence-electron chi connectivity index (χ1n) is 5.97. The Morgan fingerprint density at radius 1 is 0.737 bits per heavy atom. The van der Waals surface area contributed by atoms with E-state index in [2.05, 4.69) is 19.9 Å². The molecule has 4 aromatic rings. The van der Waals surface area contributed by atoms with E-state index in [0.717, 1.165) is 22.1 Å². The van der Waals surface area contributed by atoms with Crippen LogP contribution in [0.5, 0.6) is 0 Å². The molecule has 0 aliphatic rings. The van der Waals surface area contributed by atoms with Crippen molar-refractivity contribution < 1.29 is 0 Å². The summed E-state index contributed by atoms with van der Waals surface area (Å²) in [6.07, 6.45) is 5.19. The van der Waals surface area contributed by atoms with E-state index in [1.165, 1.54) is 0 Å². The lowest BCUT2D eigenvalue weighted by molar-refractivity contribution is 1.29. The van der Waals surface area contributed by atoms with E-state index in [0.29, 0.717) is 0 Å². The van der Waals surface area contributed by atoms with Gasteiger partial charge < -0.3 is 4.98 Å². The summed E-state index contributed by atoms with van der Waals surface area (Å²) in [6, 6.07) is 15.7. The highest BCUT2D eigenvalue weighted by atomic mass is 14.9. The number of hydrogen-bond donors (Lipinski definition) is 1. The second-order valence-corrected chi connectivity index (χ2v) is 3.97. The maximum atomic E-state index is 4.07. The van der Waals surface area contributed by atoms with Crippen LogP contribution < -0.4 is 0 Å². The quantitative estimate of drug-likeness (QED) is 0.520. The monoisotopic (exact) mass is 248 g/mol. The van der Waals surface area contributed by atoms with E-state index in [1.54, 1.807) is 18.7 Å². The van der Waals surface area contributed by atoms with Gasteiger partial charge in [-0.05, 0) is 36.4 Å². The van der Waals surface area contributed by atoms with E-state index in [9.17, 15) is 0 Å². The first kappa shape index (κ1) is 11.3. The fourth-order valence-electron chi connectivity index (χ4n) is 1.79. The largest absolute Gasteiger partial charge is 0.345 e. The van der Waals surface area contributed by atoms with E-state index >= 15 is 0 Å². The lowest BCUT2D eigenvalue weighted by Gasteiger charge is -1.90. The smallest absolute Gasteiger partial charge is 0.159 e. The molecule has 3 heterocycles. The Hall–Kier alpha value is -2.75. The van der Waals surface area contributed by atoms with Gasteiger partial charge in [0.1, 0.15) is 0 Å². The van der Waals surface area contributed by atoms with Crippen molar-refractivity contribution in [3.05, 3.63) is 67.3 Å². The van der Waals surface area contributed by atoms with Crippen molar-refractivity contribution in [3.8, 4) is 0 Å². The van der Waals surface area contributed by atoms with Gasteiger partial charge in [0.25, 0.3) is 0 Å². The van der Waals surface area contributed by atoms with Crippen LogP contribution in [0, 0.1) is 0 Å². The number of nitrogens with one attached hydrogen (secondary N) is 1. The predicted molar refractivity (Wildman–Crippen MR) is 75.6 cm³/mol. The Morgan fingerprint density at radius 2 is 1.47 bits per heavy atom. The van der Waals surface area contributed by atoms with Crippen LogP contribution in [0.25, 0.3) is 22.1 Å². The second-order valence-electron chi connectivity index (χ2n) is 3.97. The lowest BCUT2D eigenvalue weighted by Crippen LogP contribution is -1.78. The van der Waals surface area contributed by atoms with Crippen LogP contribution in [-0.4, -0.2) is 19.9 Å². The molecule has 0 amide bonds. The maximum Gasteiger partial charge on any atom is 0.159 e. The van der Waals surface area contributed by atoms with Gasteiger partial charge in [-0.1, -0.05) is 12.1 Å². The fourth-order valence-corrected chi connectivity index (χ4v) is 1.79. The summed E-state index contributed by atoms with van der Waals surface area (Å²) in [4.78, 5) is 15.2. The molecule has 4 heteroatoms. The summed E-state index contributed by atoms with van der Waals surface area (Å²) >= 11 is 0. The molecule has 92 valence electrons. The van der Waals surface area contributed by atoms with Crippen molar-refractivity contribution in [2.45, 2.75) is 0 Å². The van der Waals surface area contributed by atoms with Gasteiger partial charge in [0, 0.05) is 17.8 Å². The van der Waals surface area contributed by atoms with Crippen molar-refractivity contribution in [1.82, 2.24) is 19.9 Å². The zero-order valence-electron chi connectivity index (χ0n) is 10.2. The third-order valence-electron chi connectivity index (χ3n) is 2.70. The SMILES string of the molecule is c1ccc2[nH]cnc2c1.c1cnc2ncccc2c1. The molecule has 0 aliphatic heterocycles. The van der Waals surface area contributed by atoms with Crippen LogP contribution in [0.4, 0.5) is 0 Å². The molecular formula is C15H12N4. The van der Waals surface area contributed by atoms with Gasteiger partial charge in [-0.25, -0.2) is 15.0 Å². The molecule has 4 rings (SSSR count). The minimum atomic E-state index is 0.810. The molecule has 0 saturated heterocycles. The van der Waals surface area contributed by atoms with Crippen molar-refractivity contribution in [2.24, 2.45) is 0 Å².